The predicted octanol–water partition coefficient (Wildman–Crippen LogP) is -0.411. The van der Waals surface area contributed by atoms with Gasteiger partial charge in [0.1, 0.15) is 4.91 Å². The highest BCUT2D eigenvalue weighted by atomic mass is 16.9. The van der Waals surface area contributed by atoms with Crippen LogP contribution in [-0.2, 0) is 0 Å². The fourth-order valence-electron chi connectivity index (χ4n) is 0.214. The Morgan fingerprint density at radius 2 is 1.77 bits per heavy atom. The van der Waals surface area contributed by atoms with E-state index >= 15 is 0 Å². The highest BCUT2D eigenvalue weighted by molar-refractivity contribution is 5.83. The molecule has 76 valence electrons. The molecule has 6 N–H and O–H groups in total. The standard InChI is InChI=1S/C5H12N4.H2NO3/c1-3-4(2)8-9-5(6)7;2-1(3)4/h3H2,1-2H3,(H4,6,7,9);(H2,2,3,4)/q;+1/b8-4+;. The summed E-state index contributed by atoms with van der Waals surface area (Å²) in [5, 5.41) is 19.7. The summed E-state index contributed by atoms with van der Waals surface area (Å²) in [6.45, 7) is 3.85. The minimum absolute atomic E-state index is 0.00259. The summed E-state index contributed by atoms with van der Waals surface area (Å²) >= 11 is 0. The third-order valence-electron chi connectivity index (χ3n) is 0.848. The lowest BCUT2D eigenvalue weighted by Crippen LogP contribution is -2.22. The van der Waals surface area contributed by atoms with Crippen LogP contribution in [0.25, 0.3) is 0 Å². The van der Waals surface area contributed by atoms with Gasteiger partial charge in [0.25, 0.3) is 0 Å². The monoisotopic (exact) mass is 192 g/mol. The molecule has 0 heterocycles. The topological polar surface area (TPSA) is 137 Å². The van der Waals surface area contributed by atoms with Crippen LogP contribution in [0.4, 0.5) is 0 Å². The molecule has 8 nitrogen and oxygen atoms in total. The number of hydrogen-bond donors (Lipinski definition) is 4. The van der Waals surface area contributed by atoms with Crippen molar-refractivity contribution in [2.24, 2.45) is 21.7 Å². The van der Waals surface area contributed by atoms with E-state index in [0.717, 1.165) is 12.1 Å². The van der Waals surface area contributed by atoms with Crippen molar-refractivity contribution >= 4 is 11.7 Å². The molecule has 0 aromatic carbocycles. The van der Waals surface area contributed by atoms with Crippen LogP contribution in [0.5, 0.6) is 0 Å². The van der Waals surface area contributed by atoms with Crippen LogP contribution in [0, 0.1) is 4.91 Å². The first-order valence-electron chi connectivity index (χ1n) is 3.37. The van der Waals surface area contributed by atoms with Gasteiger partial charge in [0, 0.05) is 5.71 Å². The molecule has 0 aliphatic heterocycles. The summed E-state index contributed by atoms with van der Waals surface area (Å²) in [7, 11) is 0. The first-order chi connectivity index (χ1) is 5.90. The highest BCUT2D eigenvalue weighted by Crippen LogP contribution is 1.83. The van der Waals surface area contributed by atoms with Crippen LogP contribution in [0.3, 0.4) is 0 Å². The van der Waals surface area contributed by atoms with Crippen molar-refractivity contribution in [3.05, 3.63) is 4.91 Å². The SMILES string of the molecule is CC/C(C)=N/N=C(N)N.O=[N+](O)O. The van der Waals surface area contributed by atoms with E-state index in [2.05, 4.69) is 10.2 Å². The van der Waals surface area contributed by atoms with Crippen LogP contribution in [0.2, 0.25) is 0 Å². The number of rotatable bonds is 2. The molecular formula is C5H14N5O3+. The number of nitrogens with zero attached hydrogens (tertiary/aromatic N) is 3. The zero-order valence-electron chi connectivity index (χ0n) is 7.51. The van der Waals surface area contributed by atoms with Crippen molar-refractivity contribution in [2.45, 2.75) is 20.3 Å². The summed E-state index contributed by atoms with van der Waals surface area (Å²) in [5.74, 6) is 0.00259. The molecule has 0 unspecified atom stereocenters. The van der Waals surface area contributed by atoms with E-state index < -0.39 is 5.09 Å². The Morgan fingerprint density at radius 3 is 2.00 bits per heavy atom. The Balaban J connectivity index is 0. The average molecular weight is 192 g/mol. The molecule has 13 heavy (non-hydrogen) atoms. The van der Waals surface area contributed by atoms with Gasteiger partial charge in [-0.2, -0.15) is 5.10 Å². The fourth-order valence-corrected chi connectivity index (χ4v) is 0.214. The fraction of sp³-hybridized carbons (Fsp3) is 0.600. The normalized spacial score (nSPS) is 9.54. The molecule has 0 atom stereocenters. The van der Waals surface area contributed by atoms with Gasteiger partial charge in [-0.15, -0.1) is 5.10 Å². The number of nitrogens with two attached hydrogens (primary N) is 2. The van der Waals surface area contributed by atoms with Crippen molar-refractivity contribution in [3.8, 4) is 0 Å². The molecule has 0 saturated carbocycles. The Morgan fingerprint density at radius 1 is 1.38 bits per heavy atom. The minimum Gasteiger partial charge on any atom is -0.369 e. The van der Waals surface area contributed by atoms with Gasteiger partial charge in [-0.05, 0) is 13.3 Å². The Kier molecular flexibility index (Phi) is 8.69. The van der Waals surface area contributed by atoms with E-state index in [1.165, 1.54) is 0 Å². The second-order valence-electron chi connectivity index (χ2n) is 1.97. The van der Waals surface area contributed by atoms with Crippen molar-refractivity contribution in [1.82, 2.24) is 0 Å². The van der Waals surface area contributed by atoms with Crippen molar-refractivity contribution in [3.63, 3.8) is 0 Å². The van der Waals surface area contributed by atoms with Crippen molar-refractivity contribution in [2.75, 3.05) is 0 Å². The maximum Gasteiger partial charge on any atom is 0.472 e. The summed E-state index contributed by atoms with van der Waals surface area (Å²) in [6, 6.07) is 0. The van der Waals surface area contributed by atoms with Gasteiger partial charge in [-0.1, -0.05) is 6.92 Å². The summed E-state index contributed by atoms with van der Waals surface area (Å²) in [4.78, 5) is 8.47. The molecule has 0 spiro atoms. The summed E-state index contributed by atoms with van der Waals surface area (Å²) < 4.78 is 0. The van der Waals surface area contributed by atoms with E-state index in [1.807, 2.05) is 13.8 Å². The molecule has 0 aromatic rings. The molecular weight excluding hydrogens is 178 g/mol. The lowest BCUT2D eigenvalue weighted by molar-refractivity contribution is -0.969. The Hall–Kier alpha value is -1.86. The summed E-state index contributed by atoms with van der Waals surface area (Å²) in [5.41, 5.74) is 11.0. The van der Waals surface area contributed by atoms with Gasteiger partial charge in [0.15, 0.2) is 0 Å². The van der Waals surface area contributed by atoms with Crippen LogP contribution in [-0.4, -0.2) is 27.2 Å². The van der Waals surface area contributed by atoms with Crippen molar-refractivity contribution < 1.29 is 15.5 Å². The van der Waals surface area contributed by atoms with E-state index in [0.29, 0.717) is 0 Å². The molecule has 0 radical (unpaired) electrons. The smallest absolute Gasteiger partial charge is 0.369 e. The summed E-state index contributed by atoms with van der Waals surface area (Å²) in [6.07, 6.45) is 0.872. The maximum absolute atomic E-state index is 8.47. The lowest BCUT2D eigenvalue weighted by atomic mass is 10.3. The third kappa shape index (κ3) is 25.4. The molecule has 0 fully saturated rings. The van der Waals surface area contributed by atoms with Gasteiger partial charge in [-0.25, -0.2) is 10.4 Å². The lowest BCUT2D eigenvalue weighted by Gasteiger charge is -1.88. The van der Waals surface area contributed by atoms with Crippen LogP contribution in [0.15, 0.2) is 10.2 Å². The molecule has 0 bridgehead atoms. The maximum atomic E-state index is 8.47. The van der Waals surface area contributed by atoms with Gasteiger partial charge >= 0.3 is 5.09 Å². The van der Waals surface area contributed by atoms with E-state index in [4.69, 9.17) is 26.8 Å². The second-order valence-corrected chi connectivity index (χ2v) is 1.97. The number of guanidine groups is 1. The molecule has 0 aromatic heterocycles. The van der Waals surface area contributed by atoms with Gasteiger partial charge < -0.3 is 11.5 Å². The van der Waals surface area contributed by atoms with E-state index in [-0.39, 0.29) is 5.96 Å². The largest absolute Gasteiger partial charge is 0.472 e. The predicted molar refractivity (Wildman–Crippen MR) is 46.4 cm³/mol. The molecule has 0 amide bonds. The van der Waals surface area contributed by atoms with Crippen LogP contribution < -0.4 is 11.5 Å². The van der Waals surface area contributed by atoms with Gasteiger partial charge in [0.2, 0.25) is 5.96 Å². The quantitative estimate of drug-likeness (QED) is 0.267. The Bertz CT molecular complexity index is 204. The molecule has 0 saturated heterocycles. The zero-order chi connectivity index (χ0) is 10.9. The third-order valence-corrected chi connectivity index (χ3v) is 0.848. The van der Waals surface area contributed by atoms with E-state index in [9.17, 15) is 0 Å². The average Bonchev–Trinajstić information content (AvgIpc) is 1.99. The first kappa shape index (κ1) is 13.7. The first-order valence-corrected chi connectivity index (χ1v) is 3.37. The highest BCUT2D eigenvalue weighted by Gasteiger charge is 1.81. The van der Waals surface area contributed by atoms with Crippen LogP contribution in [0.1, 0.15) is 20.3 Å². The minimum atomic E-state index is -1.25. The molecule has 0 aliphatic carbocycles. The molecule has 8 heteroatoms. The second kappa shape index (κ2) is 8.24. The van der Waals surface area contributed by atoms with Gasteiger partial charge in [-0.3, -0.25) is 0 Å². The van der Waals surface area contributed by atoms with E-state index in [1.54, 1.807) is 0 Å². The molecule has 0 rings (SSSR count). The van der Waals surface area contributed by atoms with Crippen LogP contribution >= 0.6 is 0 Å². The Labute approximate surface area is 75.0 Å². The van der Waals surface area contributed by atoms with Crippen molar-refractivity contribution in [1.29, 1.82) is 0 Å². The zero-order valence-corrected chi connectivity index (χ0v) is 7.51. The molecule has 0 aliphatic rings. The van der Waals surface area contributed by atoms with Gasteiger partial charge in [0.05, 0.1) is 0 Å². The number of hydrogen-bond acceptors (Lipinski definition) is 3.